The zero-order valence-corrected chi connectivity index (χ0v) is 18.4. The standard InChI is InChI=1S/C26H24N4O4/c31-21-12-13-29(16-21)15-17-6-8-19(9-7-17)27-25(18-4-2-1-3-5-18)24-22-14-20(30(33)34)10-11-23(22)28-26(24)32/h1-11,14,21,27,31H,12-13,15-16H2,(H,28,32)/b25-24-. The molecular formula is C26H24N4O4. The van der Waals surface area contributed by atoms with E-state index in [2.05, 4.69) is 15.5 Å². The molecule has 1 unspecified atom stereocenters. The van der Waals surface area contributed by atoms with E-state index in [9.17, 15) is 20.0 Å². The van der Waals surface area contributed by atoms with Crippen LogP contribution in [0.1, 0.15) is 23.1 Å². The van der Waals surface area contributed by atoms with Crippen LogP contribution in [-0.2, 0) is 11.3 Å². The molecule has 0 saturated carbocycles. The highest BCUT2D eigenvalue weighted by molar-refractivity contribution is 6.37. The van der Waals surface area contributed by atoms with Crippen molar-refractivity contribution < 1.29 is 14.8 Å². The van der Waals surface area contributed by atoms with Crippen molar-refractivity contribution in [2.75, 3.05) is 23.7 Å². The first-order valence-electron chi connectivity index (χ1n) is 11.1. The van der Waals surface area contributed by atoms with Gasteiger partial charge in [-0.1, -0.05) is 42.5 Å². The van der Waals surface area contributed by atoms with E-state index in [0.29, 0.717) is 29.1 Å². The number of β-amino-alcohol motifs (C(OH)–C–C–N with tert-alkyl or cyclic N) is 1. The Balaban J connectivity index is 1.50. The number of nitrogens with one attached hydrogen (secondary N) is 2. The summed E-state index contributed by atoms with van der Waals surface area (Å²) in [6.07, 6.45) is 0.548. The number of rotatable bonds is 6. The maximum atomic E-state index is 13.0. The summed E-state index contributed by atoms with van der Waals surface area (Å²) in [6.45, 7) is 2.33. The van der Waals surface area contributed by atoms with Crippen molar-refractivity contribution in [2.45, 2.75) is 19.1 Å². The zero-order valence-electron chi connectivity index (χ0n) is 18.4. The van der Waals surface area contributed by atoms with Gasteiger partial charge in [-0.05, 0) is 35.7 Å². The summed E-state index contributed by atoms with van der Waals surface area (Å²) in [4.78, 5) is 26.1. The highest BCUT2D eigenvalue weighted by Gasteiger charge is 2.30. The SMILES string of the molecule is O=C1Nc2ccc([N+](=O)[O-])cc2/C1=C(/Nc1ccc(CN2CCC(O)C2)cc1)c1ccccc1. The first kappa shape index (κ1) is 21.8. The lowest BCUT2D eigenvalue weighted by atomic mass is 9.99. The fourth-order valence-corrected chi connectivity index (χ4v) is 4.45. The number of aliphatic hydroxyl groups excluding tert-OH is 1. The van der Waals surface area contributed by atoms with E-state index in [4.69, 9.17) is 0 Å². The van der Waals surface area contributed by atoms with E-state index in [1.54, 1.807) is 6.07 Å². The number of carbonyl (C=O) groups excluding carboxylic acids is 1. The van der Waals surface area contributed by atoms with E-state index in [0.717, 1.165) is 36.3 Å². The Morgan fingerprint density at radius 3 is 2.56 bits per heavy atom. The Morgan fingerprint density at radius 1 is 1.12 bits per heavy atom. The zero-order chi connectivity index (χ0) is 23.7. The van der Waals surface area contributed by atoms with Gasteiger partial charge in [-0.3, -0.25) is 19.8 Å². The fourth-order valence-electron chi connectivity index (χ4n) is 4.45. The number of non-ortho nitro benzene ring substituents is 1. The smallest absolute Gasteiger partial charge is 0.270 e. The first-order valence-corrected chi connectivity index (χ1v) is 11.1. The van der Waals surface area contributed by atoms with Gasteiger partial charge in [0.05, 0.1) is 22.3 Å². The van der Waals surface area contributed by atoms with Crippen LogP contribution >= 0.6 is 0 Å². The summed E-state index contributed by atoms with van der Waals surface area (Å²) in [5.74, 6) is -0.314. The molecule has 1 atom stereocenters. The molecule has 8 nitrogen and oxygen atoms in total. The number of hydrogen-bond donors (Lipinski definition) is 3. The molecule has 3 aromatic carbocycles. The van der Waals surface area contributed by atoms with Crippen LogP contribution in [0.15, 0.2) is 72.8 Å². The molecule has 2 aliphatic heterocycles. The second kappa shape index (κ2) is 9.09. The van der Waals surface area contributed by atoms with E-state index < -0.39 is 4.92 Å². The molecular weight excluding hydrogens is 432 g/mol. The maximum Gasteiger partial charge on any atom is 0.270 e. The number of aliphatic hydroxyl groups is 1. The number of benzene rings is 3. The summed E-state index contributed by atoms with van der Waals surface area (Å²) in [7, 11) is 0. The maximum absolute atomic E-state index is 13.0. The lowest BCUT2D eigenvalue weighted by Gasteiger charge is -2.17. The minimum Gasteiger partial charge on any atom is -0.392 e. The molecule has 3 aromatic rings. The summed E-state index contributed by atoms with van der Waals surface area (Å²) < 4.78 is 0. The topological polar surface area (TPSA) is 108 Å². The Kier molecular flexibility index (Phi) is 5.83. The monoisotopic (exact) mass is 456 g/mol. The number of anilines is 2. The summed E-state index contributed by atoms with van der Waals surface area (Å²) in [6, 6.07) is 21.8. The molecule has 172 valence electrons. The van der Waals surface area contributed by atoms with Crippen LogP contribution in [0.3, 0.4) is 0 Å². The fraction of sp³-hybridized carbons (Fsp3) is 0.192. The normalized spacial score (nSPS) is 19.0. The molecule has 5 rings (SSSR count). The predicted octanol–water partition coefficient (Wildman–Crippen LogP) is 4.09. The molecule has 1 saturated heterocycles. The summed E-state index contributed by atoms with van der Waals surface area (Å²) in [5.41, 5.74) is 4.63. The lowest BCUT2D eigenvalue weighted by Crippen LogP contribution is -2.21. The van der Waals surface area contributed by atoms with Crippen molar-refractivity contribution in [3.63, 3.8) is 0 Å². The molecule has 1 amide bonds. The van der Waals surface area contributed by atoms with Crippen molar-refractivity contribution in [3.05, 3.63) is 99.6 Å². The van der Waals surface area contributed by atoms with E-state index >= 15 is 0 Å². The number of amides is 1. The Morgan fingerprint density at radius 2 is 1.88 bits per heavy atom. The Labute approximate surface area is 196 Å². The van der Waals surface area contributed by atoms with Gasteiger partial charge in [-0.2, -0.15) is 0 Å². The van der Waals surface area contributed by atoms with Gasteiger partial charge in [0, 0.05) is 48.7 Å². The molecule has 2 heterocycles. The van der Waals surface area contributed by atoms with E-state index in [1.807, 2.05) is 54.6 Å². The van der Waals surface area contributed by atoms with E-state index in [-0.39, 0.29) is 17.7 Å². The summed E-state index contributed by atoms with van der Waals surface area (Å²) in [5, 5.41) is 27.3. The van der Waals surface area contributed by atoms with Gasteiger partial charge in [0.2, 0.25) is 0 Å². The highest BCUT2D eigenvalue weighted by Crippen LogP contribution is 2.39. The van der Waals surface area contributed by atoms with Crippen LogP contribution < -0.4 is 10.6 Å². The van der Waals surface area contributed by atoms with Crippen molar-refractivity contribution >= 4 is 34.2 Å². The average molecular weight is 457 g/mol. The van der Waals surface area contributed by atoms with Crippen molar-refractivity contribution in [1.29, 1.82) is 0 Å². The predicted molar refractivity (Wildman–Crippen MR) is 131 cm³/mol. The van der Waals surface area contributed by atoms with E-state index in [1.165, 1.54) is 12.1 Å². The van der Waals surface area contributed by atoms with Gasteiger partial charge >= 0.3 is 0 Å². The molecule has 0 radical (unpaired) electrons. The molecule has 0 spiro atoms. The largest absolute Gasteiger partial charge is 0.392 e. The summed E-state index contributed by atoms with van der Waals surface area (Å²) >= 11 is 0. The van der Waals surface area contributed by atoms with Gasteiger partial charge < -0.3 is 15.7 Å². The van der Waals surface area contributed by atoms with Crippen molar-refractivity contribution in [3.8, 4) is 0 Å². The molecule has 2 aliphatic rings. The second-order valence-electron chi connectivity index (χ2n) is 8.56. The number of nitro groups is 1. The van der Waals surface area contributed by atoms with Crippen LogP contribution in [-0.4, -0.2) is 40.0 Å². The molecule has 0 aliphatic carbocycles. The molecule has 34 heavy (non-hydrogen) atoms. The molecule has 0 bridgehead atoms. The third-order valence-electron chi connectivity index (χ3n) is 6.15. The van der Waals surface area contributed by atoms with Gasteiger partial charge in [0.25, 0.3) is 11.6 Å². The molecule has 3 N–H and O–H groups in total. The lowest BCUT2D eigenvalue weighted by molar-refractivity contribution is -0.384. The van der Waals surface area contributed by atoms with Gasteiger partial charge in [-0.15, -0.1) is 0 Å². The van der Waals surface area contributed by atoms with Crippen LogP contribution in [0, 0.1) is 10.1 Å². The van der Waals surface area contributed by atoms with Gasteiger partial charge in [0.15, 0.2) is 0 Å². The molecule has 0 aromatic heterocycles. The molecule has 1 fully saturated rings. The number of nitro benzene ring substituents is 1. The van der Waals surface area contributed by atoms with Gasteiger partial charge in [0.1, 0.15) is 0 Å². The number of carbonyl (C=O) groups is 1. The van der Waals surface area contributed by atoms with Crippen LogP contribution in [0.4, 0.5) is 17.1 Å². The Bertz CT molecular complexity index is 1270. The number of hydrogen-bond acceptors (Lipinski definition) is 6. The highest BCUT2D eigenvalue weighted by atomic mass is 16.6. The van der Waals surface area contributed by atoms with Crippen molar-refractivity contribution in [2.24, 2.45) is 0 Å². The third kappa shape index (κ3) is 4.41. The van der Waals surface area contributed by atoms with Gasteiger partial charge in [-0.25, -0.2) is 0 Å². The minimum atomic E-state index is -0.464. The van der Waals surface area contributed by atoms with Crippen molar-refractivity contribution in [1.82, 2.24) is 4.90 Å². The molecule has 8 heteroatoms. The number of likely N-dealkylation sites (tertiary alicyclic amines) is 1. The first-order chi connectivity index (χ1) is 16.5. The quantitative estimate of drug-likeness (QED) is 0.293. The average Bonchev–Trinajstić information content (AvgIpc) is 3.40. The number of fused-ring (bicyclic) bond motifs is 1. The Hall–Kier alpha value is -4.01. The van der Waals surface area contributed by atoms with Crippen LogP contribution in [0.25, 0.3) is 11.3 Å². The third-order valence-corrected chi connectivity index (χ3v) is 6.15. The second-order valence-corrected chi connectivity index (χ2v) is 8.56. The van der Waals surface area contributed by atoms with Crippen LogP contribution in [0.2, 0.25) is 0 Å². The minimum absolute atomic E-state index is 0.0726. The van der Waals surface area contributed by atoms with Crippen LogP contribution in [0.5, 0.6) is 0 Å². The number of nitrogens with zero attached hydrogens (tertiary/aromatic N) is 2.